The van der Waals surface area contributed by atoms with Gasteiger partial charge in [-0.3, -0.25) is 0 Å². The SMILES string of the molecule is CCCN(CCC)C(=S)[S-].CCCN(CCC)C(=S)[S-].[Mg+2]. The molecule has 0 aromatic rings. The maximum Gasteiger partial charge on any atom is 2.00 e. The van der Waals surface area contributed by atoms with Crippen molar-refractivity contribution in [2.24, 2.45) is 0 Å². The number of hydrogen-bond donors (Lipinski definition) is 0. The normalized spacial score (nSPS) is 8.95. The Morgan fingerprint density at radius 3 is 0.952 bits per heavy atom. The van der Waals surface area contributed by atoms with E-state index in [1.807, 2.05) is 0 Å². The zero-order chi connectivity index (χ0) is 16.0. The maximum atomic E-state index is 4.89. The monoisotopic (exact) mass is 376 g/mol. The quantitative estimate of drug-likeness (QED) is 0.361. The van der Waals surface area contributed by atoms with Gasteiger partial charge in [-0.1, -0.05) is 36.3 Å². The Labute approximate surface area is 169 Å². The Morgan fingerprint density at radius 2 is 0.857 bits per heavy atom. The van der Waals surface area contributed by atoms with Gasteiger partial charge in [-0.05, 0) is 25.7 Å². The summed E-state index contributed by atoms with van der Waals surface area (Å²) < 4.78 is 1.23. The Balaban J connectivity index is -0.000000295. The smallest absolute Gasteiger partial charge is 0.411 e. The van der Waals surface area contributed by atoms with Crippen LogP contribution in [-0.2, 0) is 25.3 Å². The molecule has 0 fully saturated rings. The van der Waals surface area contributed by atoms with Crippen molar-refractivity contribution in [2.75, 3.05) is 26.2 Å². The second-order valence-electron chi connectivity index (χ2n) is 4.51. The molecule has 2 nitrogen and oxygen atoms in total. The Kier molecular flexibility index (Phi) is 24.3. The summed E-state index contributed by atoms with van der Waals surface area (Å²) in [6.45, 7) is 12.6. The second-order valence-corrected chi connectivity index (χ2v) is 6.57. The number of rotatable bonds is 8. The van der Waals surface area contributed by atoms with Gasteiger partial charge in [0.2, 0.25) is 0 Å². The molecule has 0 amide bonds. The second kappa shape index (κ2) is 19.0. The summed E-state index contributed by atoms with van der Waals surface area (Å²) in [7, 11) is 0. The fourth-order valence-electron chi connectivity index (χ4n) is 1.67. The molecule has 0 aromatic heterocycles. The molecular weight excluding hydrogens is 349 g/mol. The van der Waals surface area contributed by atoms with Gasteiger partial charge in [0.05, 0.1) is 0 Å². The van der Waals surface area contributed by atoms with Crippen LogP contribution in [0.1, 0.15) is 53.4 Å². The van der Waals surface area contributed by atoms with Gasteiger partial charge in [-0.25, -0.2) is 0 Å². The molecule has 0 unspecified atom stereocenters. The predicted molar refractivity (Wildman–Crippen MR) is 110 cm³/mol. The topological polar surface area (TPSA) is 6.48 Å². The fraction of sp³-hybridized carbons (Fsp3) is 0.857. The molecule has 0 aliphatic rings. The maximum absolute atomic E-state index is 4.89. The van der Waals surface area contributed by atoms with Crippen LogP contribution in [0, 0.1) is 0 Å². The predicted octanol–water partition coefficient (Wildman–Crippen LogP) is 3.50. The van der Waals surface area contributed by atoms with Gasteiger partial charge in [0.1, 0.15) is 0 Å². The first-order valence-electron chi connectivity index (χ1n) is 7.36. The van der Waals surface area contributed by atoms with Crippen molar-refractivity contribution in [1.29, 1.82) is 0 Å². The molecule has 0 rings (SSSR count). The molecule has 0 aliphatic heterocycles. The van der Waals surface area contributed by atoms with Gasteiger partial charge in [0.25, 0.3) is 0 Å². The molecule has 7 heteroatoms. The van der Waals surface area contributed by atoms with Crippen molar-refractivity contribution in [3.8, 4) is 0 Å². The molecule has 0 aliphatic carbocycles. The number of hydrogen-bond acceptors (Lipinski definition) is 4. The fourth-order valence-corrected chi connectivity index (χ4v) is 2.40. The van der Waals surface area contributed by atoms with Crippen molar-refractivity contribution >= 4 is 81.4 Å². The van der Waals surface area contributed by atoms with Crippen molar-refractivity contribution in [1.82, 2.24) is 9.80 Å². The van der Waals surface area contributed by atoms with Crippen molar-refractivity contribution in [2.45, 2.75) is 53.4 Å². The molecule has 120 valence electrons. The van der Waals surface area contributed by atoms with Crippen LogP contribution in [-0.4, -0.2) is 67.7 Å². The van der Waals surface area contributed by atoms with E-state index in [9.17, 15) is 0 Å². The number of nitrogens with zero attached hydrogens (tertiary/aromatic N) is 2. The van der Waals surface area contributed by atoms with E-state index in [1.165, 1.54) is 0 Å². The minimum atomic E-state index is 0. The van der Waals surface area contributed by atoms with Gasteiger partial charge in [-0.2, -0.15) is 0 Å². The van der Waals surface area contributed by atoms with Gasteiger partial charge in [-0.15, -0.1) is 0 Å². The Hall–Kier alpha value is 0.986. The van der Waals surface area contributed by atoms with E-state index >= 15 is 0 Å². The summed E-state index contributed by atoms with van der Waals surface area (Å²) in [5.41, 5.74) is 0. The molecule has 0 heterocycles. The molecule has 21 heavy (non-hydrogen) atoms. The first kappa shape index (κ1) is 26.9. The third kappa shape index (κ3) is 17.2. The largest absolute Gasteiger partial charge is 2.00 e. The van der Waals surface area contributed by atoms with Crippen LogP contribution in [0.3, 0.4) is 0 Å². The summed E-state index contributed by atoms with van der Waals surface area (Å²) >= 11 is 19.6. The summed E-state index contributed by atoms with van der Waals surface area (Å²) in [6, 6.07) is 0. The van der Waals surface area contributed by atoms with Crippen LogP contribution in [0.4, 0.5) is 0 Å². The standard InChI is InChI=1S/2C7H15NS2.Mg/c2*1-3-5-8(6-4-2)7(9)10;/h2*3-6H2,1-2H3,(H,9,10);/q;;+2/p-2. The average Bonchev–Trinajstić information content (AvgIpc) is 2.38. The minimum absolute atomic E-state index is 0. The third-order valence-corrected chi connectivity index (χ3v) is 3.52. The third-order valence-electron chi connectivity index (χ3n) is 2.49. The summed E-state index contributed by atoms with van der Waals surface area (Å²) in [6.07, 6.45) is 4.49. The molecule has 0 atom stereocenters. The summed E-state index contributed by atoms with van der Waals surface area (Å²) in [5.74, 6) is 0. The molecular formula is C14H28MgN2S4. The summed E-state index contributed by atoms with van der Waals surface area (Å²) in [4.78, 5) is 4.15. The van der Waals surface area contributed by atoms with Crippen molar-refractivity contribution in [3.05, 3.63) is 0 Å². The van der Waals surface area contributed by atoms with Crippen LogP contribution in [0.15, 0.2) is 0 Å². The van der Waals surface area contributed by atoms with Crippen LogP contribution in [0.2, 0.25) is 0 Å². The Morgan fingerprint density at radius 1 is 0.667 bits per heavy atom. The minimum Gasteiger partial charge on any atom is -0.411 e. The molecule has 0 saturated carbocycles. The van der Waals surface area contributed by atoms with Crippen LogP contribution < -0.4 is 0 Å². The summed E-state index contributed by atoms with van der Waals surface area (Å²) in [5, 5.41) is 0. The van der Waals surface area contributed by atoms with Crippen LogP contribution >= 0.6 is 24.4 Å². The van der Waals surface area contributed by atoms with Gasteiger partial charge in [0, 0.05) is 26.2 Å². The first-order valence-corrected chi connectivity index (χ1v) is 8.99. The van der Waals surface area contributed by atoms with E-state index < -0.39 is 0 Å². The molecule has 0 bridgehead atoms. The van der Waals surface area contributed by atoms with Crippen molar-refractivity contribution < 1.29 is 0 Å². The Bertz CT molecular complexity index is 227. The molecule has 0 N–H and O–H groups in total. The molecule has 0 radical (unpaired) electrons. The van der Waals surface area contributed by atoms with Crippen molar-refractivity contribution in [3.63, 3.8) is 0 Å². The zero-order valence-electron chi connectivity index (χ0n) is 13.9. The van der Waals surface area contributed by atoms with E-state index in [0.717, 1.165) is 51.9 Å². The zero-order valence-corrected chi connectivity index (χ0v) is 18.6. The van der Waals surface area contributed by atoms with E-state index in [0.29, 0.717) is 8.64 Å². The van der Waals surface area contributed by atoms with E-state index in [1.54, 1.807) is 0 Å². The number of thiocarbonyl (C=S) groups is 2. The van der Waals surface area contributed by atoms with E-state index in [-0.39, 0.29) is 23.1 Å². The van der Waals surface area contributed by atoms with E-state index in [4.69, 9.17) is 49.7 Å². The molecule has 0 spiro atoms. The molecule has 0 aromatic carbocycles. The van der Waals surface area contributed by atoms with Crippen LogP contribution in [0.25, 0.3) is 0 Å². The molecule has 0 saturated heterocycles. The van der Waals surface area contributed by atoms with Gasteiger partial charge in [0.15, 0.2) is 0 Å². The average molecular weight is 377 g/mol. The van der Waals surface area contributed by atoms with Gasteiger partial charge < -0.3 is 59.5 Å². The van der Waals surface area contributed by atoms with Gasteiger partial charge >= 0.3 is 23.1 Å². The first-order chi connectivity index (χ1) is 9.44. The van der Waals surface area contributed by atoms with Crippen LogP contribution in [0.5, 0.6) is 0 Å². The van der Waals surface area contributed by atoms with E-state index in [2.05, 4.69) is 37.5 Å².